The fraction of sp³-hybridized carbons (Fsp3) is 0.105. The lowest BCUT2D eigenvalue weighted by Gasteiger charge is -2.22. The zero-order valence-electron chi connectivity index (χ0n) is 26.5. The normalized spacial score (nSPS) is 19.0. The number of fused-ring (bicyclic) bond motifs is 1. The molecule has 0 spiro atoms. The Morgan fingerprint density at radius 1 is 0.740 bits per heavy atom. The van der Waals surface area contributed by atoms with Gasteiger partial charge in [0.1, 0.15) is 45.9 Å². The second-order valence-electron chi connectivity index (χ2n) is 11.3. The lowest BCUT2D eigenvalue weighted by Crippen LogP contribution is -2.26. The predicted molar refractivity (Wildman–Crippen MR) is 183 cm³/mol. The number of hydrogen-bond donors (Lipinski definition) is 0. The van der Waals surface area contributed by atoms with Gasteiger partial charge in [-0.1, -0.05) is 12.2 Å². The smallest absolute Gasteiger partial charge is 0.206 e. The number of alkyl halides is 1. The molecule has 1 atom stereocenters. The van der Waals surface area contributed by atoms with Gasteiger partial charge in [0.25, 0.3) is 0 Å². The molecule has 0 aliphatic heterocycles. The lowest BCUT2D eigenvalue weighted by molar-refractivity contribution is 0.259. The maximum Gasteiger partial charge on any atom is 0.206 e. The number of hydrogen-bond acceptors (Lipinski definition) is 8. The van der Waals surface area contributed by atoms with Gasteiger partial charge in [-0.3, -0.25) is 4.99 Å². The van der Waals surface area contributed by atoms with Crippen molar-refractivity contribution in [3.8, 4) is 34.9 Å². The van der Waals surface area contributed by atoms with Crippen molar-refractivity contribution in [3.63, 3.8) is 0 Å². The first-order chi connectivity index (χ1) is 24.1. The fourth-order valence-corrected chi connectivity index (χ4v) is 5.41. The summed E-state index contributed by atoms with van der Waals surface area (Å²) in [5.74, 6) is -1.46. The molecule has 12 heteroatoms. The Morgan fingerprint density at radius 2 is 1.28 bits per heavy atom. The number of rotatable bonds is 6. The maximum atomic E-state index is 14.7. The van der Waals surface area contributed by atoms with Crippen LogP contribution >= 0.6 is 0 Å². The van der Waals surface area contributed by atoms with E-state index in [9.17, 15) is 28.1 Å². The average molecular weight is 669 g/mol. The molecule has 0 bridgehead atoms. The molecule has 2 aliphatic rings. The van der Waals surface area contributed by atoms with E-state index >= 15 is 0 Å². The lowest BCUT2D eigenvalue weighted by atomic mass is 9.90. The molecular formula is C38H24F4N8. The molecule has 0 amide bonds. The molecule has 2 aliphatic carbocycles. The second kappa shape index (κ2) is 13.8. The zero-order valence-corrected chi connectivity index (χ0v) is 26.5. The number of nitriles is 2. The summed E-state index contributed by atoms with van der Waals surface area (Å²) in [4.78, 5) is 27.0. The number of allylic oxidation sites excluding steroid dienone is 6. The number of aromatic nitrogens is 2. The maximum absolute atomic E-state index is 14.7. The quantitative estimate of drug-likeness (QED) is 0.118. The molecule has 50 heavy (non-hydrogen) atoms. The van der Waals surface area contributed by atoms with Crippen LogP contribution in [-0.4, -0.2) is 45.5 Å². The molecular weight excluding hydrogens is 644 g/mol. The molecule has 4 aromatic rings. The molecule has 1 aromatic heterocycles. The summed E-state index contributed by atoms with van der Waals surface area (Å²) in [5.41, 5.74) is 1.52. The number of aliphatic imine (C=N–C) groups is 4. The minimum absolute atomic E-state index is 0.0260. The molecule has 1 unspecified atom stereocenters. The summed E-state index contributed by atoms with van der Waals surface area (Å²) in [7, 11) is 1.53. The van der Waals surface area contributed by atoms with Crippen LogP contribution in [0.4, 0.5) is 17.6 Å². The molecule has 8 nitrogen and oxygen atoms in total. The number of nitrogens with zero attached hydrogens (tertiary/aromatic N) is 8. The predicted octanol–water partition coefficient (Wildman–Crippen LogP) is 7.84. The van der Waals surface area contributed by atoms with Gasteiger partial charge < -0.3 is 0 Å². The van der Waals surface area contributed by atoms with Crippen molar-refractivity contribution in [1.82, 2.24) is 9.97 Å². The number of benzene rings is 3. The third-order valence-electron chi connectivity index (χ3n) is 7.85. The molecule has 0 N–H and O–H groups in total. The first-order valence-corrected chi connectivity index (χ1v) is 15.1. The SMILES string of the molecule is CN=C(C1=CCC(C)(F)C=C1)C(=NC1=CC(=NC#N)c2nc(-c3ccc(F)cc3)c(-c3ccc(F)cc3)nc2C1=NC#N)c1ccc(F)cc1. The Labute approximate surface area is 284 Å². The summed E-state index contributed by atoms with van der Waals surface area (Å²) in [6, 6.07) is 16.5. The van der Waals surface area contributed by atoms with Gasteiger partial charge in [-0.25, -0.2) is 32.5 Å². The van der Waals surface area contributed by atoms with E-state index in [1.165, 1.54) is 98.9 Å². The van der Waals surface area contributed by atoms with Crippen molar-refractivity contribution in [1.29, 1.82) is 10.5 Å². The summed E-state index contributed by atoms with van der Waals surface area (Å²) in [5, 5.41) is 19.5. The van der Waals surface area contributed by atoms with E-state index in [0.717, 1.165) is 0 Å². The molecule has 1 heterocycles. The van der Waals surface area contributed by atoms with Crippen molar-refractivity contribution in [2.75, 3.05) is 7.05 Å². The monoisotopic (exact) mass is 668 g/mol. The van der Waals surface area contributed by atoms with Crippen molar-refractivity contribution < 1.29 is 17.6 Å². The van der Waals surface area contributed by atoms with Gasteiger partial charge in [-0.15, -0.1) is 0 Å². The van der Waals surface area contributed by atoms with Crippen LogP contribution in [0.1, 0.15) is 30.3 Å². The summed E-state index contributed by atoms with van der Waals surface area (Å²) in [6.07, 6.45) is 9.69. The van der Waals surface area contributed by atoms with E-state index in [1.807, 2.05) is 0 Å². The molecule has 244 valence electrons. The summed E-state index contributed by atoms with van der Waals surface area (Å²) >= 11 is 0. The Bertz CT molecular complexity index is 2300. The molecule has 3 aromatic carbocycles. The van der Waals surface area contributed by atoms with Gasteiger partial charge >= 0.3 is 0 Å². The van der Waals surface area contributed by atoms with Crippen LogP contribution in [0, 0.1) is 40.4 Å². The van der Waals surface area contributed by atoms with Crippen LogP contribution in [0.15, 0.2) is 128 Å². The van der Waals surface area contributed by atoms with E-state index in [2.05, 4.69) is 15.0 Å². The Balaban J connectivity index is 1.61. The summed E-state index contributed by atoms with van der Waals surface area (Å²) < 4.78 is 56.7. The van der Waals surface area contributed by atoms with Gasteiger partial charge in [0.15, 0.2) is 0 Å². The average Bonchev–Trinajstić information content (AvgIpc) is 3.11. The van der Waals surface area contributed by atoms with E-state index in [0.29, 0.717) is 28.0 Å². The third kappa shape index (κ3) is 6.82. The molecule has 0 radical (unpaired) electrons. The van der Waals surface area contributed by atoms with Crippen LogP contribution < -0.4 is 0 Å². The largest absolute Gasteiger partial charge is 0.286 e. The van der Waals surface area contributed by atoms with E-state index in [-0.39, 0.29) is 52.0 Å². The van der Waals surface area contributed by atoms with E-state index in [4.69, 9.17) is 15.0 Å². The third-order valence-corrected chi connectivity index (χ3v) is 7.85. The van der Waals surface area contributed by atoms with Gasteiger partial charge in [-0.05, 0) is 97.4 Å². The molecule has 0 fully saturated rings. The van der Waals surface area contributed by atoms with Crippen LogP contribution in [0.3, 0.4) is 0 Å². The van der Waals surface area contributed by atoms with Gasteiger partial charge in [0.2, 0.25) is 12.4 Å². The van der Waals surface area contributed by atoms with E-state index in [1.54, 1.807) is 24.5 Å². The van der Waals surface area contributed by atoms with Crippen LogP contribution in [0.5, 0.6) is 0 Å². The Hall–Kier alpha value is -6.66. The van der Waals surface area contributed by atoms with Crippen molar-refractivity contribution in [3.05, 3.63) is 143 Å². The molecule has 0 saturated carbocycles. The topological polar surface area (TPSA) is 123 Å². The van der Waals surface area contributed by atoms with Crippen LogP contribution in [0.2, 0.25) is 0 Å². The van der Waals surface area contributed by atoms with Crippen molar-refractivity contribution >= 4 is 22.8 Å². The Kier molecular flexibility index (Phi) is 9.19. The highest BCUT2D eigenvalue weighted by atomic mass is 19.1. The minimum atomic E-state index is -1.56. The standard InChI is InChI=1S/C38H24F4N8/c1-38(42)17-15-25(16-18-38)31(45-2)32(22-3-9-26(39)10-4-22)48-30-19-29(46-20-43)36-37(35(30)47-21-44)50-34(24-7-13-28(41)14-8-24)33(49-36)23-5-11-27(40)12-6-23/h3-17,19H,18H2,1-2H3. The highest BCUT2D eigenvalue weighted by molar-refractivity contribution is 6.54. The summed E-state index contributed by atoms with van der Waals surface area (Å²) in [6.45, 7) is 1.45. The van der Waals surface area contributed by atoms with Crippen molar-refractivity contribution in [2.24, 2.45) is 20.0 Å². The minimum Gasteiger partial charge on any atom is -0.286 e. The highest BCUT2D eigenvalue weighted by Crippen LogP contribution is 2.34. The Morgan fingerprint density at radius 3 is 1.78 bits per heavy atom. The first kappa shape index (κ1) is 33.2. The first-order valence-electron chi connectivity index (χ1n) is 15.1. The van der Waals surface area contributed by atoms with Gasteiger partial charge in [0.05, 0.1) is 28.5 Å². The second-order valence-corrected chi connectivity index (χ2v) is 11.3. The number of halogens is 4. The highest BCUT2D eigenvalue weighted by Gasteiger charge is 2.31. The fourth-order valence-electron chi connectivity index (χ4n) is 5.41. The zero-order chi connectivity index (χ0) is 35.4. The van der Waals surface area contributed by atoms with Crippen molar-refractivity contribution in [2.45, 2.75) is 19.0 Å². The van der Waals surface area contributed by atoms with Crippen LogP contribution in [0.25, 0.3) is 22.5 Å². The molecule has 6 rings (SSSR count). The van der Waals surface area contributed by atoms with Gasteiger partial charge in [-0.2, -0.15) is 20.5 Å². The van der Waals surface area contributed by atoms with Crippen LogP contribution in [-0.2, 0) is 0 Å². The van der Waals surface area contributed by atoms with E-state index < -0.39 is 23.1 Å². The molecule has 0 saturated heterocycles. The van der Waals surface area contributed by atoms with Gasteiger partial charge in [0, 0.05) is 30.2 Å².